The van der Waals surface area contributed by atoms with Gasteiger partial charge in [0.25, 0.3) is 0 Å². The van der Waals surface area contributed by atoms with Gasteiger partial charge >= 0.3 is 0 Å². The molecule has 0 amide bonds. The van der Waals surface area contributed by atoms with E-state index in [1.165, 1.54) is 0 Å². The number of nitrogens with zero attached hydrogens (tertiary/aromatic N) is 2. The lowest BCUT2D eigenvalue weighted by molar-refractivity contribution is 0.579. The van der Waals surface area contributed by atoms with E-state index in [1.54, 1.807) is 11.6 Å². The Hall–Kier alpha value is -1.66. The van der Waals surface area contributed by atoms with E-state index in [9.17, 15) is 8.42 Å². The van der Waals surface area contributed by atoms with Gasteiger partial charge in [-0.25, -0.2) is 13.1 Å². The van der Waals surface area contributed by atoms with Crippen molar-refractivity contribution in [2.45, 2.75) is 25.8 Å². The second-order valence-corrected chi connectivity index (χ2v) is 7.48. The maximum atomic E-state index is 11.4. The third-order valence-corrected chi connectivity index (χ3v) is 5.21. The zero-order chi connectivity index (χ0) is 15.3. The molecule has 5 nitrogen and oxygen atoms in total. The Morgan fingerprint density at radius 1 is 1.24 bits per heavy atom. The van der Waals surface area contributed by atoms with Crippen molar-refractivity contribution in [1.82, 2.24) is 9.78 Å². The number of hydrogen-bond donors (Lipinski definition) is 1. The molecular formula is C15H21N3O2S. The molecule has 0 bridgehead atoms. The molecule has 1 aromatic heterocycles. The first-order valence-electron chi connectivity index (χ1n) is 7.09. The molecule has 21 heavy (non-hydrogen) atoms. The van der Waals surface area contributed by atoms with Crippen molar-refractivity contribution in [2.24, 2.45) is 5.73 Å². The lowest BCUT2D eigenvalue weighted by Crippen LogP contribution is -2.15. The van der Waals surface area contributed by atoms with Crippen molar-refractivity contribution in [3.63, 3.8) is 0 Å². The monoisotopic (exact) mass is 307 g/mol. The summed E-state index contributed by atoms with van der Waals surface area (Å²) in [6, 6.07) is 11.4. The highest BCUT2D eigenvalue weighted by Gasteiger charge is 2.13. The lowest BCUT2D eigenvalue weighted by Gasteiger charge is -2.08. The largest absolute Gasteiger partial charge is 0.323 e. The van der Waals surface area contributed by atoms with Crippen molar-refractivity contribution in [3.05, 3.63) is 48.3 Å². The van der Waals surface area contributed by atoms with Gasteiger partial charge in [0, 0.05) is 18.0 Å². The van der Waals surface area contributed by atoms with Gasteiger partial charge in [0.05, 0.1) is 17.1 Å². The summed E-state index contributed by atoms with van der Waals surface area (Å²) >= 11 is 0. The van der Waals surface area contributed by atoms with Crippen LogP contribution in [-0.4, -0.2) is 29.7 Å². The highest BCUT2D eigenvalue weighted by Crippen LogP contribution is 2.16. The molecule has 1 aromatic carbocycles. The number of benzene rings is 1. The maximum absolute atomic E-state index is 11.4. The molecule has 2 aromatic rings. The van der Waals surface area contributed by atoms with Crippen LogP contribution in [0.1, 0.15) is 31.5 Å². The zero-order valence-electron chi connectivity index (χ0n) is 12.1. The first-order valence-corrected chi connectivity index (χ1v) is 8.91. The van der Waals surface area contributed by atoms with Gasteiger partial charge in [-0.2, -0.15) is 5.10 Å². The van der Waals surface area contributed by atoms with Crippen LogP contribution in [-0.2, 0) is 9.84 Å². The molecule has 0 saturated heterocycles. The number of hydrogen-bond acceptors (Lipinski definition) is 4. The molecule has 2 rings (SSSR count). The van der Waals surface area contributed by atoms with Gasteiger partial charge in [0.15, 0.2) is 0 Å². The average molecular weight is 307 g/mol. The van der Waals surface area contributed by atoms with Gasteiger partial charge in [-0.05, 0) is 31.0 Å². The van der Waals surface area contributed by atoms with E-state index >= 15 is 0 Å². The van der Waals surface area contributed by atoms with Gasteiger partial charge in [0.2, 0.25) is 0 Å². The van der Waals surface area contributed by atoms with E-state index in [4.69, 9.17) is 5.73 Å². The van der Waals surface area contributed by atoms with Gasteiger partial charge in [-0.15, -0.1) is 0 Å². The fourth-order valence-corrected chi connectivity index (χ4v) is 2.97. The molecule has 1 heterocycles. The molecule has 1 atom stereocenters. The third-order valence-electron chi connectivity index (χ3n) is 3.42. The minimum Gasteiger partial charge on any atom is -0.323 e. The number of para-hydroxylation sites is 1. The van der Waals surface area contributed by atoms with Crippen LogP contribution in [0.2, 0.25) is 0 Å². The topological polar surface area (TPSA) is 78.0 Å². The van der Waals surface area contributed by atoms with E-state index in [0.29, 0.717) is 12.8 Å². The molecule has 0 saturated carbocycles. The summed E-state index contributed by atoms with van der Waals surface area (Å²) in [4.78, 5) is 0. The summed E-state index contributed by atoms with van der Waals surface area (Å²) in [6.07, 6.45) is 3.05. The Kier molecular flexibility index (Phi) is 5.14. The second kappa shape index (κ2) is 6.87. The molecule has 0 spiro atoms. The molecule has 0 aliphatic rings. The highest BCUT2D eigenvalue weighted by molar-refractivity contribution is 7.91. The Morgan fingerprint density at radius 3 is 2.62 bits per heavy atom. The van der Waals surface area contributed by atoms with Crippen molar-refractivity contribution < 1.29 is 8.42 Å². The van der Waals surface area contributed by atoms with E-state index < -0.39 is 9.84 Å². The fraction of sp³-hybridized carbons (Fsp3) is 0.400. The zero-order valence-corrected chi connectivity index (χ0v) is 13.0. The van der Waals surface area contributed by atoms with Crippen LogP contribution in [0.5, 0.6) is 0 Å². The number of rotatable bonds is 7. The molecular weight excluding hydrogens is 286 g/mol. The Balaban J connectivity index is 1.95. The summed E-state index contributed by atoms with van der Waals surface area (Å²) in [7, 11) is -2.92. The van der Waals surface area contributed by atoms with Crippen molar-refractivity contribution in [1.29, 1.82) is 0 Å². The number of aromatic nitrogens is 2. The minimum absolute atomic E-state index is 0.185. The highest BCUT2D eigenvalue weighted by atomic mass is 32.2. The molecule has 6 heteroatoms. The van der Waals surface area contributed by atoms with Crippen molar-refractivity contribution in [2.75, 3.05) is 11.5 Å². The molecule has 2 N–H and O–H groups in total. The van der Waals surface area contributed by atoms with E-state index in [2.05, 4.69) is 5.10 Å². The number of nitrogens with two attached hydrogens (primary N) is 1. The third kappa shape index (κ3) is 4.41. The molecule has 0 radical (unpaired) electrons. The predicted molar refractivity (Wildman–Crippen MR) is 84.1 cm³/mol. The van der Waals surface area contributed by atoms with Crippen LogP contribution in [0.4, 0.5) is 0 Å². The van der Waals surface area contributed by atoms with Gasteiger partial charge in [-0.1, -0.05) is 25.1 Å². The standard InChI is InChI=1S/C15H21N3O2S/c1-2-21(19,20)12-6-9-14(16)15-10-11-18(17-15)13-7-4-3-5-8-13/h3-5,7-8,10-11,14H,2,6,9,12,16H2,1H3. The van der Waals surface area contributed by atoms with Crippen molar-refractivity contribution >= 4 is 9.84 Å². The maximum Gasteiger partial charge on any atom is 0.150 e. The Labute approximate surface area is 125 Å². The van der Waals surface area contributed by atoms with E-state index in [0.717, 1.165) is 11.4 Å². The minimum atomic E-state index is -2.92. The Bertz CT molecular complexity index is 665. The van der Waals surface area contributed by atoms with Crippen LogP contribution >= 0.6 is 0 Å². The Morgan fingerprint density at radius 2 is 1.95 bits per heavy atom. The molecule has 0 fully saturated rings. The second-order valence-electron chi connectivity index (χ2n) is 5.01. The van der Waals surface area contributed by atoms with Crippen LogP contribution in [0.25, 0.3) is 5.69 Å². The summed E-state index contributed by atoms with van der Waals surface area (Å²) in [5, 5.41) is 4.46. The van der Waals surface area contributed by atoms with Crippen LogP contribution < -0.4 is 5.73 Å². The summed E-state index contributed by atoms with van der Waals surface area (Å²) in [5.74, 6) is 0.376. The van der Waals surface area contributed by atoms with Gasteiger partial charge < -0.3 is 5.73 Å². The molecule has 0 aliphatic heterocycles. The summed E-state index contributed by atoms with van der Waals surface area (Å²) in [6.45, 7) is 1.66. The summed E-state index contributed by atoms with van der Waals surface area (Å²) < 4.78 is 24.7. The quantitative estimate of drug-likeness (QED) is 0.849. The predicted octanol–water partition coefficient (Wildman–Crippen LogP) is 2.09. The normalized spacial score (nSPS) is 13.2. The summed E-state index contributed by atoms with van der Waals surface area (Å²) in [5.41, 5.74) is 7.85. The van der Waals surface area contributed by atoms with Crippen LogP contribution in [0.3, 0.4) is 0 Å². The fourth-order valence-electron chi connectivity index (χ4n) is 2.08. The van der Waals surface area contributed by atoms with Gasteiger partial charge in [0.1, 0.15) is 9.84 Å². The smallest absolute Gasteiger partial charge is 0.150 e. The van der Waals surface area contributed by atoms with E-state index in [-0.39, 0.29) is 17.5 Å². The average Bonchev–Trinajstić information content (AvgIpc) is 2.98. The molecule has 114 valence electrons. The number of sulfone groups is 1. The van der Waals surface area contributed by atoms with Gasteiger partial charge in [-0.3, -0.25) is 0 Å². The van der Waals surface area contributed by atoms with E-state index in [1.807, 2.05) is 42.6 Å². The lowest BCUT2D eigenvalue weighted by atomic mass is 10.1. The van der Waals surface area contributed by atoms with Crippen LogP contribution in [0, 0.1) is 0 Å². The molecule has 0 aliphatic carbocycles. The van der Waals surface area contributed by atoms with Crippen LogP contribution in [0.15, 0.2) is 42.6 Å². The SMILES string of the molecule is CCS(=O)(=O)CCCC(N)c1ccn(-c2ccccc2)n1. The molecule has 1 unspecified atom stereocenters. The first-order chi connectivity index (χ1) is 10.0. The van der Waals surface area contributed by atoms with Crippen molar-refractivity contribution in [3.8, 4) is 5.69 Å². The first kappa shape index (κ1) is 15.7.